The Morgan fingerprint density at radius 3 is 0.500 bits per heavy atom. The first kappa shape index (κ1) is 25.3. The molecule has 0 bridgehead atoms. The lowest BCUT2D eigenvalue weighted by Gasteiger charge is -2.17. The topological polar surface area (TPSA) is 308 Å². The van der Waals surface area contributed by atoms with Crippen molar-refractivity contribution in [2.24, 2.45) is 0 Å². The minimum absolute atomic E-state index is 0. The molecule has 16 heteroatoms. The van der Waals surface area contributed by atoms with Crippen LogP contribution in [0, 0.1) is 30.7 Å². The third kappa shape index (κ3) is 20900. The van der Waals surface area contributed by atoms with Gasteiger partial charge in [-0.05, 0) is 0 Å². The van der Waals surface area contributed by atoms with Gasteiger partial charge in [-0.1, -0.05) is 0 Å². The minimum Gasteiger partial charge on any atom is -0.369 e. The van der Waals surface area contributed by atoms with E-state index in [9.17, 15) is 0 Å². The van der Waals surface area contributed by atoms with Crippen LogP contribution in [0.25, 0.3) is 0 Å². The number of quaternary nitrogens is 1. The van der Waals surface area contributed by atoms with Gasteiger partial charge in [0, 0.05) is 0 Å². The second-order valence-electron chi connectivity index (χ2n) is 1.17. The van der Waals surface area contributed by atoms with E-state index in [1.165, 1.54) is 0 Å². The molecular weight excluding hydrogens is 312 g/mol. The van der Waals surface area contributed by atoms with Gasteiger partial charge in [0.2, 0.25) is 0 Å². The Morgan fingerprint density at radius 1 is 0.500 bits per heavy atom. The van der Waals surface area contributed by atoms with Gasteiger partial charge >= 0.3 is 0 Å². The molecule has 104 valence electrons. The largest absolute Gasteiger partial charge is 0.369 e. The molecular formula is H6Cl3NO12. The monoisotopic (exact) mass is 317 g/mol. The van der Waals surface area contributed by atoms with Gasteiger partial charge in [0.05, 0.1) is 29.8 Å². The summed E-state index contributed by atoms with van der Waals surface area (Å²) in [5.41, 5.74) is 0. The molecule has 0 aromatic carbocycles. The molecule has 0 radical (unpaired) electrons. The average Bonchev–Trinajstić information content (AvgIpc) is 1.41. The predicted octanol–water partition coefficient (Wildman–Crippen LogP) is -12.6. The van der Waals surface area contributed by atoms with E-state index < -0.39 is 30.7 Å². The Bertz CT molecular complexity index is 91.3. The Morgan fingerprint density at radius 2 is 0.500 bits per heavy atom. The van der Waals surface area contributed by atoms with Crippen LogP contribution in [0.2, 0.25) is 0 Å². The van der Waals surface area contributed by atoms with Crippen molar-refractivity contribution < 1.29 is 86.6 Å². The van der Waals surface area contributed by atoms with Crippen LogP contribution in [0.3, 0.4) is 0 Å². The molecule has 0 aromatic heterocycles. The van der Waals surface area contributed by atoms with Crippen LogP contribution in [-0.4, -0.2) is 9.32 Å². The van der Waals surface area contributed by atoms with Crippen LogP contribution < -0.4 is 52.7 Å². The summed E-state index contributed by atoms with van der Waals surface area (Å²) < 4.78 is 99.4. The van der Waals surface area contributed by atoms with Crippen molar-refractivity contribution in [3.63, 3.8) is 0 Å². The van der Waals surface area contributed by atoms with Gasteiger partial charge in [0.25, 0.3) is 0 Å². The number of hydrogen-bond donors (Lipinski definition) is 3. The molecule has 16 heavy (non-hydrogen) atoms. The second-order valence-corrected chi connectivity index (χ2v) is 3.51. The van der Waals surface area contributed by atoms with Crippen LogP contribution >= 0.6 is 0 Å². The summed E-state index contributed by atoms with van der Waals surface area (Å²) in [5.74, 6) is 0. The molecule has 6 N–H and O–H groups in total. The Hall–Kier alpha value is 0.350. The molecule has 0 aliphatic carbocycles. The fourth-order valence-electron chi connectivity index (χ4n) is 0. The number of rotatable bonds is 0. The molecule has 0 aliphatic heterocycles. The first-order chi connectivity index (χ1) is 6.00. The summed E-state index contributed by atoms with van der Waals surface area (Å²) in [4.78, 5) is 0. The predicted molar refractivity (Wildman–Crippen MR) is 10.4 cm³/mol. The van der Waals surface area contributed by atoms with Gasteiger partial charge in [0.1, 0.15) is 0 Å². The fraction of sp³-hybridized carbons (Fsp3) is 0. The molecule has 0 aromatic rings. The van der Waals surface area contributed by atoms with E-state index in [-0.39, 0.29) is 6.15 Å². The zero-order chi connectivity index (χ0) is 13.5. The van der Waals surface area contributed by atoms with E-state index in [2.05, 4.69) is 0 Å². The molecule has 0 saturated heterocycles. The zero-order valence-corrected chi connectivity index (χ0v) is 9.38. The highest BCUT2D eigenvalue weighted by molar-refractivity contribution is 2.16. The zero-order valence-electron chi connectivity index (χ0n) is 7.11. The van der Waals surface area contributed by atoms with Crippen LogP contribution in [0.15, 0.2) is 0 Å². The van der Waals surface area contributed by atoms with Gasteiger partial charge in [-0.2, -0.15) is 28.0 Å². The number of hydrogen-bond acceptors (Lipinski definition) is 12. The fourth-order valence-corrected chi connectivity index (χ4v) is 0. The molecule has 13 nitrogen and oxygen atoms in total. The van der Waals surface area contributed by atoms with Crippen molar-refractivity contribution in [2.45, 2.75) is 0 Å². The maximum Gasteiger partial charge on any atom is 0.0777 e. The second kappa shape index (κ2) is 9.39. The summed E-state index contributed by atoms with van der Waals surface area (Å²) >= 11 is 0. The van der Waals surface area contributed by atoms with Crippen molar-refractivity contribution in [3.8, 4) is 0 Å². The van der Waals surface area contributed by atoms with Gasteiger partial charge in [-0.25, -0.2) is 18.6 Å². The van der Waals surface area contributed by atoms with Crippen molar-refractivity contribution in [1.82, 2.24) is 6.15 Å². The van der Waals surface area contributed by atoms with E-state index in [0.717, 1.165) is 0 Å². The SMILES string of the molecule is [NH4+].[O-][Cl+3]([O-])([O-])O.[O-][Cl+3]([O-])([O-])O.[O-][Cl+3]([O-])([O-])[O-]. The van der Waals surface area contributed by atoms with E-state index in [1.54, 1.807) is 0 Å². The molecule has 0 heterocycles. The summed E-state index contributed by atoms with van der Waals surface area (Å²) in [5, 5.41) is 0. The van der Waals surface area contributed by atoms with Gasteiger partial charge < -0.3 is 6.15 Å². The Balaban J connectivity index is -0.0000000655. The molecule has 0 aliphatic rings. The van der Waals surface area contributed by atoms with Gasteiger partial charge in [-0.15, -0.1) is 10.2 Å². The molecule has 0 rings (SSSR count). The summed E-state index contributed by atoms with van der Waals surface area (Å²) in [6.07, 6.45) is 0. The maximum absolute atomic E-state index is 8.60. The van der Waals surface area contributed by atoms with Crippen LogP contribution in [-0.2, 0) is 0 Å². The quantitative estimate of drug-likeness (QED) is 0.374. The van der Waals surface area contributed by atoms with Crippen molar-refractivity contribution >= 4 is 0 Å². The molecule has 0 fully saturated rings. The highest BCUT2D eigenvalue weighted by Crippen LogP contribution is 1.61. The standard InChI is InChI=1S/3ClHO4.H3N/c3*2-1(3,4)5;/h3*(H,2,3,4,5);1H3. The Labute approximate surface area is 93.4 Å². The first-order valence-electron chi connectivity index (χ1n) is 1.88. The lowest BCUT2D eigenvalue weighted by Crippen LogP contribution is -2.68. The summed E-state index contributed by atoms with van der Waals surface area (Å²) in [6.45, 7) is 0. The van der Waals surface area contributed by atoms with Crippen LogP contribution in [0.1, 0.15) is 0 Å². The van der Waals surface area contributed by atoms with E-state index >= 15 is 0 Å². The highest BCUT2D eigenvalue weighted by Gasteiger charge is 1.99. The third-order valence-electron chi connectivity index (χ3n) is 0. The number of halogens is 3. The van der Waals surface area contributed by atoms with E-state index in [1.807, 2.05) is 0 Å². The van der Waals surface area contributed by atoms with Crippen LogP contribution in [0.4, 0.5) is 0 Å². The van der Waals surface area contributed by atoms with Gasteiger partial charge in [-0.3, -0.25) is 0 Å². The first-order valence-corrected chi connectivity index (χ1v) is 5.64. The van der Waals surface area contributed by atoms with Crippen molar-refractivity contribution in [2.75, 3.05) is 0 Å². The van der Waals surface area contributed by atoms with Crippen molar-refractivity contribution in [1.29, 1.82) is 0 Å². The molecule has 0 spiro atoms. The smallest absolute Gasteiger partial charge is 0.0777 e. The van der Waals surface area contributed by atoms with Gasteiger partial charge in [0.15, 0.2) is 0 Å². The lowest BCUT2D eigenvalue weighted by molar-refractivity contribution is -2.00. The highest BCUT2D eigenvalue weighted by atomic mass is 35.7. The lowest BCUT2D eigenvalue weighted by atomic mass is 14.0. The van der Waals surface area contributed by atoms with E-state index in [4.69, 9.17) is 55.9 Å². The molecule has 0 saturated carbocycles. The maximum atomic E-state index is 8.60. The van der Waals surface area contributed by atoms with E-state index in [0.29, 0.717) is 0 Å². The summed E-state index contributed by atoms with van der Waals surface area (Å²) in [7, 11) is -14.3. The summed E-state index contributed by atoms with van der Waals surface area (Å²) in [6, 6.07) is 0. The molecule has 0 atom stereocenters. The van der Waals surface area contributed by atoms with Crippen molar-refractivity contribution in [3.05, 3.63) is 0 Å². The average molecular weight is 318 g/mol. The van der Waals surface area contributed by atoms with Crippen LogP contribution in [0.5, 0.6) is 0 Å². The normalized spacial score (nSPS) is 11.2. The molecule has 0 unspecified atom stereocenters. The minimum atomic E-state index is -4.94. The Kier molecular flexibility index (Phi) is 14.8. The third-order valence-corrected chi connectivity index (χ3v) is 0. The molecule has 0 amide bonds.